The molecule has 21 heavy (non-hydrogen) atoms. The van der Waals surface area contributed by atoms with Gasteiger partial charge < -0.3 is 4.98 Å². The summed E-state index contributed by atoms with van der Waals surface area (Å²) in [6.45, 7) is 0. The van der Waals surface area contributed by atoms with Gasteiger partial charge in [-0.1, -0.05) is 6.07 Å². The minimum Gasteiger partial charge on any atom is -0.360 e. The van der Waals surface area contributed by atoms with E-state index in [9.17, 15) is 13.2 Å². The van der Waals surface area contributed by atoms with E-state index in [1.165, 1.54) is 6.20 Å². The van der Waals surface area contributed by atoms with Gasteiger partial charge in [0.15, 0.2) is 0 Å². The monoisotopic (exact) mass is 288 g/mol. The molecule has 0 bridgehead atoms. The van der Waals surface area contributed by atoms with Crippen LogP contribution in [0.5, 0.6) is 0 Å². The average molecular weight is 288 g/mol. The number of hydrogen-bond donors (Lipinski definition) is 1. The number of H-pyrrole nitrogens is 1. The minimum absolute atomic E-state index is 0.187. The zero-order chi connectivity index (χ0) is 15.0. The van der Waals surface area contributed by atoms with Gasteiger partial charge in [-0.3, -0.25) is 0 Å². The van der Waals surface area contributed by atoms with E-state index in [4.69, 9.17) is 5.26 Å². The smallest absolute Gasteiger partial charge is 0.360 e. The first-order valence-corrected chi connectivity index (χ1v) is 5.89. The second kappa shape index (κ2) is 4.59. The van der Waals surface area contributed by atoms with Crippen LogP contribution >= 0.6 is 0 Å². The molecule has 0 saturated heterocycles. The molecule has 0 fully saturated rings. The van der Waals surface area contributed by atoms with Crippen molar-refractivity contribution in [3.05, 3.63) is 48.0 Å². The van der Waals surface area contributed by atoms with E-state index >= 15 is 0 Å². The molecular weight excluding hydrogens is 281 g/mol. The fourth-order valence-corrected chi connectivity index (χ4v) is 2.14. The first-order chi connectivity index (χ1) is 10.0. The lowest BCUT2D eigenvalue weighted by Gasteiger charge is -2.10. The second-order valence-electron chi connectivity index (χ2n) is 4.36. The predicted molar refractivity (Wildman–Crippen MR) is 69.0 cm³/mol. The molecule has 104 valence electrons. The molecule has 0 aliphatic rings. The highest BCUT2D eigenvalue weighted by Crippen LogP contribution is 2.37. The van der Waals surface area contributed by atoms with E-state index < -0.39 is 11.7 Å². The highest BCUT2D eigenvalue weighted by Gasteiger charge is 2.35. The minimum atomic E-state index is -4.53. The summed E-state index contributed by atoms with van der Waals surface area (Å²) in [5.74, 6) is 0. The first kappa shape index (κ1) is 13.1. The Labute approximate surface area is 116 Å². The van der Waals surface area contributed by atoms with Crippen molar-refractivity contribution in [2.45, 2.75) is 6.18 Å². The largest absolute Gasteiger partial charge is 0.419 e. The maximum atomic E-state index is 13.0. The van der Waals surface area contributed by atoms with E-state index in [1.54, 1.807) is 18.2 Å². The summed E-state index contributed by atoms with van der Waals surface area (Å²) in [4.78, 5) is 10.1. The fourth-order valence-electron chi connectivity index (χ4n) is 2.14. The molecule has 0 unspecified atom stereocenters. The molecule has 7 heteroatoms. The molecular formula is C14H7F3N4. The molecule has 0 saturated carbocycles. The molecule has 1 aromatic carbocycles. The second-order valence-corrected chi connectivity index (χ2v) is 4.36. The Morgan fingerprint density at radius 2 is 2.05 bits per heavy atom. The summed E-state index contributed by atoms with van der Waals surface area (Å²) in [7, 11) is 0. The van der Waals surface area contributed by atoms with Crippen LogP contribution in [-0.4, -0.2) is 15.0 Å². The first-order valence-electron chi connectivity index (χ1n) is 5.89. The number of fused-ring (bicyclic) bond motifs is 1. The number of halogens is 3. The number of nitrogens with zero attached hydrogens (tertiary/aromatic N) is 3. The third-order valence-corrected chi connectivity index (χ3v) is 3.08. The highest BCUT2D eigenvalue weighted by molar-refractivity contribution is 5.95. The molecule has 2 aromatic heterocycles. The molecule has 2 heterocycles. The van der Waals surface area contributed by atoms with Crippen LogP contribution in [0.3, 0.4) is 0 Å². The third-order valence-electron chi connectivity index (χ3n) is 3.08. The molecule has 1 N–H and O–H groups in total. The number of benzene rings is 1. The summed E-state index contributed by atoms with van der Waals surface area (Å²) in [5, 5.41) is 9.41. The van der Waals surface area contributed by atoms with E-state index in [1.807, 2.05) is 6.07 Å². The van der Waals surface area contributed by atoms with Gasteiger partial charge in [0.05, 0.1) is 17.3 Å². The van der Waals surface area contributed by atoms with Gasteiger partial charge in [0.1, 0.15) is 11.9 Å². The Hall–Kier alpha value is -2.88. The van der Waals surface area contributed by atoms with E-state index in [-0.39, 0.29) is 5.69 Å². The fraction of sp³-hybridized carbons (Fsp3) is 0.0714. The van der Waals surface area contributed by atoms with Gasteiger partial charge in [0.25, 0.3) is 0 Å². The Morgan fingerprint density at radius 3 is 2.76 bits per heavy atom. The van der Waals surface area contributed by atoms with Crippen LogP contribution in [0.15, 0.2) is 36.9 Å². The molecule has 0 amide bonds. The third kappa shape index (κ3) is 2.21. The van der Waals surface area contributed by atoms with Crippen LogP contribution in [0.25, 0.3) is 22.2 Å². The summed E-state index contributed by atoms with van der Waals surface area (Å²) in [6, 6.07) is 6.70. The Bertz CT molecular complexity index is 859. The number of nitriles is 1. The number of rotatable bonds is 1. The van der Waals surface area contributed by atoms with Gasteiger partial charge in [0, 0.05) is 28.9 Å². The van der Waals surface area contributed by atoms with E-state index in [2.05, 4.69) is 15.0 Å². The maximum absolute atomic E-state index is 13.0. The number of aromatic nitrogens is 3. The molecule has 0 aliphatic heterocycles. The quantitative estimate of drug-likeness (QED) is 0.745. The van der Waals surface area contributed by atoms with Crippen molar-refractivity contribution in [1.29, 1.82) is 5.26 Å². The van der Waals surface area contributed by atoms with Crippen molar-refractivity contribution in [3.63, 3.8) is 0 Å². The Balaban J connectivity index is 2.25. The van der Waals surface area contributed by atoms with E-state index in [0.29, 0.717) is 22.0 Å². The van der Waals surface area contributed by atoms with E-state index in [0.717, 1.165) is 12.5 Å². The number of alkyl halides is 3. The zero-order valence-electron chi connectivity index (χ0n) is 10.4. The molecule has 0 atom stereocenters. The van der Waals surface area contributed by atoms with Crippen molar-refractivity contribution in [3.8, 4) is 17.3 Å². The zero-order valence-corrected chi connectivity index (χ0v) is 10.4. The summed E-state index contributed by atoms with van der Waals surface area (Å²) in [5.41, 5.74) is 0.248. The molecule has 0 spiro atoms. The maximum Gasteiger partial charge on any atom is 0.419 e. The number of nitrogens with one attached hydrogen (secondary N) is 1. The lowest BCUT2D eigenvalue weighted by atomic mass is 10.0. The van der Waals surface area contributed by atoms with Crippen molar-refractivity contribution < 1.29 is 13.2 Å². The molecule has 4 nitrogen and oxygen atoms in total. The summed E-state index contributed by atoms with van der Waals surface area (Å²) in [6.07, 6.45) is -1.26. The van der Waals surface area contributed by atoms with Crippen LogP contribution in [0.4, 0.5) is 13.2 Å². The molecule has 3 rings (SSSR count). The van der Waals surface area contributed by atoms with Crippen molar-refractivity contribution in [2.24, 2.45) is 0 Å². The lowest BCUT2D eigenvalue weighted by molar-refractivity contribution is -0.137. The van der Waals surface area contributed by atoms with Crippen LogP contribution in [0, 0.1) is 11.3 Å². The summed E-state index contributed by atoms with van der Waals surface area (Å²) < 4.78 is 39.1. The van der Waals surface area contributed by atoms with Crippen molar-refractivity contribution in [1.82, 2.24) is 15.0 Å². The topological polar surface area (TPSA) is 65.4 Å². The van der Waals surface area contributed by atoms with Crippen LogP contribution in [0.1, 0.15) is 11.1 Å². The average Bonchev–Trinajstić information content (AvgIpc) is 2.89. The highest BCUT2D eigenvalue weighted by atomic mass is 19.4. The van der Waals surface area contributed by atoms with Crippen LogP contribution in [-0.2, 0) is 6.18 Å². The molecule has 0 radical (unpaired) electrons. The number of aromatic amines is 1. The summed E-state index contributed by atoms with van der Waals surface area (Å²) >= 11 is 0. The lowest BCUT2D eigenvalue weighted by Crippen LogP contribution is -2.08. The van der Waals surface area contributed by atoms with Gasteiger partial charge in [-0.2, -0.15) is 18.4 Å². The predicted octanol–water partition coefficient (Wildman–Crippen LogP) is 3.52. The molecule has 3 aromatic rings. The standard InChI is InChI=1S/C14H7F3N4/c15-14(16,17)11-6-19-7-21-13(11)10-5-20-12-3-8(4-18)1-2-9(10)12/h1-3,5-7,20H. The molecule has 0 aliphatic carbocycles. The Morgan fingerprint density at radius 1 is 1.24 bits per heavy atom. The van der Waals surface area contributed by atoms with Crippen LogP contribution < -0.4 is 0 Å². The van der Waals surface area contributed by atoms with Gasteiger partial charge in [0.2, 0.25) is 0 Å². The van der Waals surface area contributed by atoms with Gasteiger partial charge in [-0.15, -0.1) is 0 Å². The SMILES string of the molecule is N#Cc1ccc2c(-c3ncncc3C(F)(F)F)c[nH]c2c1. The van der Waals surface area contributed by atoms with Gasteiger partial charge >= 0.3 is 6.18 Å². The normalized spacial score (nSPS) is 11.5. The number of hydrogen-bond acceptors (Lipinski definition) is 3. The van der Waals surface area contributed by atoms with Gasteiger partial charge in [-0.05, 0) is 12.1 Å². The van der Waals surface area contributed by atoms with Crippen molar-refractivity contribution in [2.75, 3.05) is 0 Å². The Kier molecular flexibility index (Phi) is 2.87. The van der Waals surface area contributed by atoms with Crippen molar-refractivity contribution >= 4 is 10.9 Å². The van der Waals surface area contributed by atoms with Gasteiger partial charge in [-0.25, -0.2) is 9.97 Å². The van der Waals surface area contributed by atoms with Crippen LogP contribution in [0.2, 0.25) is 0 Å².